The minimum absolute atomic E-state index is 0.230. The van der Waals surface area contributed by atoms with Crippen LogP contribution in [-0.2, 0) is 11.3 Å². The highest BCUT2D eigenvalue weighted by atomic mass is 35.5. The summed E-state index contributed by atoms with van der Waals surface area (Å²) in [6, 6.07) is 7.11. The van der Waals surface area contributed by atoms with Gasteiger partial charge in [-0.1, -0.05) is 37.1 Å². The number of imide groups is 1. The third-order valence-corrected chi connectivity index (χ3v) is 3.16. The molecule has 0 bridgehead atoms. The van der Waals surface area contributed by atoms with E-state index >= 15 is 0 Å². The second-order valence-corrected chi connectivity index (χ2v) is 5.53. The van der Waals surface area contributed by atoms with Crippen molar-refractivity contribution in [2.45, 2.75) is 26.3 Å². The molecule has 116 valence electrons. The average molecular weight is 313 g/mol. The zero-order valence-corrected chi connectivity index (χ0v) is 13.3. The second-order valence-electron chi connectivity index (χ2n) is 5.10. The van der Waals surface area contributed by atoms with Gasteiger partial charge in [-0.15, -0.1) is 0 Å². The first-order valence-electron chi connectivity index (χ1n) is 7.14. The van der Waals surface area contributed by atoms with Crippen LogP contribution in [0, 0.1) is 0 Å². The maximum Gasteiger partial charge on any atom is 0.321 e. The lowest BCUT2D eigenvalue weighted by Gasteiger charge is -2.14. The van der Waals surface area contributed by atoms with Crippen LogP contribution >= 0.6 is 11.6 Å². The first kappa shape index (κ1) is 17.5. The Kier molecular flexibility index (Phi) is 7.79. The molecular weight excluding hydrogens is 290 g/mol. The number of likely N-dealkylation sites (N-methyl/N-ethyl adjacent to an activating group) is 1. The van der Waals surface area contributed by atoms with E-state index in [-0.39, 0.29) is 12.5 Å². The van der Waals surface area contributed by atoms with Gasteiger partial charge in [0.15, 0.2) is 6.54 Å². The van der Waals surface area contributed by atoms with Crippen molar-refractivity contribution in [2.24, 2.45) is 0 Å². The first-order valence-corrected chi connectivity index (χ1v) is 7.52. The minimum atomic E-state index is -0.427. The standard InChI is InChI=1S/C15H22ClN3O2/c1-3-4-8-17-15(21)18-14(20)11-19(2)10-12-6-5-7-13(16)9-12/h5-7,9H,3-4,8,10-11H2,1-2H3,(H2,17,18,20,21)/p+1. The van der Waals surface area contributed by atoms with Crippen molar-refractivity contribution in [3.63, 3.8) is 0 Å². The van der Waals surface area contributed by atoms with Gasteiger partial charge in [-0.3, -0.25) is 10.1 Å². The Morgan fingerprint density at radius 2 is 2.10 bits per heavy atom. The summed E-state index contributed by atoms with van der Waals surface area (Å²) in [5, 5.41) is 5.66. The maximum absolute atomic E-state index is 11.7. The fourth-order valence-electron chi connectivity index (χ4n) is 1.93. The summed E-state index contributed by atoms with van der Waals surface area (Å²) < 4.78 is 0. The Morgan fingerprint density at radius 1 is 1.33 bits per heavy atom. The molecule has 3 N–H and O–H groups in total. The monoisotopic (exact) mass is 312 g/mol. The number of carbonyl (C=O) groups excluding carboxylic acids is 2. The molecule has 5 nitrogen and oxygen atoms in total. The maximum atomic E-state index is 11.7. The van der Waals surface area contributed by atoms with Crippen LogP contribution in [-0.4, -0.2) is 32.1 Å². The molecule has 1 aromatic carbocycles. The van der Waals surface area contributed by atoms with Crippen LogP contribution < -0.4 is 15.5 Å². The summed E-state index contributed by atoms with van der Waals surface area (Å²) >= 11 is 5.92. The Labute approximate surface area is 130 Å². The largest absolute Gasteiger partial charge is 0.338 e. The molecule has 1 atom stereocenters. The molecule has 0 aliphatic carbocycles. The van der Waals surface area contributed by atoms with Gasteiger partial charge in [0.25, 0.3) is 5.91 Å². The van der Waals surface area contributed by atoms with E-state index in [2.05, 4.69) is 10.6 Å². The summed E-state index contributed by atoms with van der Waals surface area (Å²) in [5.41, 5.74) is 1.06. The van der Waals surface area contributed by atoms with Gasteiger partial charge in [-0.25, -0.2) is 4.79 Å². The fraction of sp³-hybridized carbons (Fsp3) is 0.467. The van der Waals surface area contributed by atoms with Gasteiger partial charge < -0.3 is 10.2 Å². The van der Waals surface area contributed by atoms with Crippen molar-refractivity contribution in [2.75, 3.05) is 20.1 Å². The number of rotatable bonds is 7. The van der Waals surface area contributed by atoms with Gasteiger partial charge in [-0.2, -0.15) is 0 Å². The molecule has 0 saturated carbocycles. The van der Waals surface area contributed by atoms with Crippen LogP contribution in [0.3, 0.4) is 0 Å². The number of unbranched alkanes of at least 4 members (excludes halogenated alkanes) is 1. The lowest BCUT2D eigenvalue weighted by atomic mass is 10.2. The molecule has 0 heterocycles. The summed E-state index contributed by atoms with van der Waals surface area (Å²) in [6.45, 7) is 3.53. The van der Waals surface area contributed by atoms with Crippen LogP contribution in [0.2, 0.25) is 5.02 Å². The Bertz CT molecular complexity index is 480. The molecule has 0 radical (unpaired) electrons. The van der Waals surface area contributed by atoms with Crippen LogP contribution in [0.4, 0.5) is 4.79 Å². The molecule has 21 heavy (non-hydrogen) atoms. The van der Waals surface area contributed by atoms with Gasteiger partial charge in [-0.05, 0) is 18.6 Å². The van der Waals surface area contributed by atoms with Crippen molar-refractivity contribution in [3.05, 3.63) is 34.9 Å². The fourth-order valence-corrected chi connectivity index (χ4v) is 2.14. The summed E-state index contributed by atoms with van der Waals surface area (Å²) in [5.74, 6) is -0.288. The number of hydrogen-bond donors (Lipinski definition) is 3. The number of amides is 3. The molecule has 0 spiro atoms. The van der Waals surface area contributed by atoms with Crippen molar-refractivity contribution in [1.82, 2.24) is 10.6 Å². The molecule has 6 heteroatoms. The molecular formula is C15H23ClN3O2+. The van der Waals surface area contributed by atoms with Gasteiger partial charge in [0.2, 0.25) is 0 Å². The number of urea groups is 1. The predicted molar refractivity (Wildman–Crippen MR) is 83.4 cm³/mol. The van der Waals surface area contributed by atoms with Crippen LogP contribution in [0.15, 0.2) is 24.3 Å². The number of carbonyl (C=O) groups is 2. The number of hydrogen-bond acceptors (Lipinski definition) is 2. The molecule has 0 aliphatic rings. The normalized spacial score (nSPS) is 11.8. The third-order valence-electron chi connectivity index (χ3n) is 2.93. The van der Waals surface area contributed by atoms with Gasteiger partial charge >= 0.3 is 6.03 Å². The van der Waals surface area contributed by atoms with E-state index in [1.54, 1.807) is 0 Å². The molecule has 3 amide bonds. The van der Waals surface area contributed by atoms with E-state index in [4.69, 9.17) is 11.6 Å². The number of halogens is 1. The van der Waals surface area contributed by atoms with Crippen LogP contribution in [0.25, 0.3) is 0 Å². The van der Waals surface area contributed by atoms with E-state index in [1.165, 1.54) is 0 Å². The summed E-state index contributed by atoms with van der Waals surface area (Å²) in [7, 11) is 1.90. The van der Waals surface area contributed by atoms with Crippen molar-refractivity contribution in [3.8, 4) is 0 Å². The Morgan fingerprint density at radius 3 is 2.76 bits per heavy atom. The Hall–Kier alpha value is -1.59. The molecule has 1 aromatic rings. The Balaban J connectivity index is 2.32. The molecule has 0 aromatic heterocycles. The third kappa shape index (κ3) is 7.68. The zero-order chi connectivity index (χ0) is 15.7. The highest BCUT2D eigenvalue weighted by Gasteiger charge is 2.13. The smallest absolute Gasteiger partial charge is 0.321 e. The summed E-state index contributed by atoms with van der Waals surface area (Å²) in [6.07, 6.45) is 1.91. The number of quaternary nitrogens is 1. The molecule has 1 unspecified atom stereocenters. The van der Waals surface area contributed by atoms with E-state index in [1.807, 2.05) is 38.2 Å². The van der Waals surface area contributed by atoms with E-state index in [9.17, 15) is 9.59 Å². The highest BCUT2D eigenvalue weighted by Crippen LogP contribution is 2.09. The topological polar surface area (TPSA) is 62.6 Å². The van der Waals surface area contributed by atoms with E-state index in [0.717, 1.165) is 23.3 Å². The lowest BCUT2D eigenvalue weighted by Crippen LogP contribution is -3.09. The van der Waals surface area contributed by atoms with Gasteiger partial charge in [0.1, 0.15) is 6.54 Å². The molecule has 1 rings (SSSR count). The number of nitrogens with one attached hydrogen (secondary N) is 3. The van der Waals surface area contributed by atoms with E-state index < -0.39 is 6.03 Å². The van der Waals surface area contributed by atoms with Gasteiger partial charge in [0, 0.05) is 17.1 Å². The highest BCUT2D eigenvalue weighted by molar-refractivity contribution is 6.30. The first-order chi connectivity index (χ1) is 10.0. The minimum Gasteiger partial charge on any atom is -0.338 e. The van der Waals surface area contributed by atoms with Crippen molar-refractivity contribution >= 4 is 23.5 Å². The molecule has 0 saturated heterocycles. The zero-order valence-electron chi connectivity index (χ0n) is 12.5. The second kappa shape index (κ2) is 9.37. The summed E-state index contributed by atoms with van der Waals surface area (Å²) in [4.78, 5) is 24.2. The van der Waals surface area contributed by atoms with Crippen molar-refractivity contribution < 1.29 is 14.5 Å². The SMILES string of the molecule is CCCCNC(=O)NC(=O)C[NH+](C)Cc1cccc(Cl)c1. The predicted octanol–water partition coefficient (Wildman–Crippen LogP) is 0.981. The van der Waals surface area contributed by atoms with Crippen molar-refractivity contribution in [1.29, 1.82) is 0 Å². The quantitative estimate of drug-likeness (QED) is 0.657. The van der Waals surface area contributed by atoms with Gasteiger partial charge in [0.05, 0.1) is 7.05 Å². The lowest BCUT2D eigenvalue weighted by molar-refractivity contribution is -0.885. The average Bonchev–Trinajstić information content (AvgIpc) is 2.38. The van der Waals surface area contributed by atoms with Crippen LogP contribution in [0.1, 0.15) is 25.3 Å². The molecule has 0 fully saturated rings. The molecule has 0 aliphatic heterocycles. The number of benzene rings is 1. The van der Waals surface area contributed by atoms with E-state index in [0.29, 0.717) is 18.1 Å². The van der Waals surface area contributed by atoms with Crippen LogP contribution in [0.5, 0.6) is 0 Å².